The minimum Gasteiger partial charge on any atom is -0.298 e. The van der Waals surface area contributed by atoms with E-state index in [0.717, 1.165) is 50.2 Å². The monoisotopic (exact) mass is 468 g/mol. The van der Waals surface area contributed by atoms with Gasteiger partial charge in [-0.2, -0.15) is 0 Å². The third-order valence-corrected chi connectivity index (χ3v) is 7.21. The Morgan fingerprint density at radius 1 is 0.417 bits per heavy atom. The van der Waals surface area contributed by atoms with E-state index < -0.39 is 0 Å². The van der Waals surface area contributed by atoms with Crippen molar-refractivity contribution in [3.05, 3.63) is 108 Å². The molecule has 0 atom stereocenters. The molecule has 0 aliphatic rings. The number of imidazole rings is 3. The average molecular weight is 469 g/mol. The van der Waals surface area contributed by atoms with Crippen LogP contribution in [0.15, 0.2) is 91.8 Å². The predicted molar refractivity (Wildman–Crippen MR) is 145 cm³/mol. The molecule has 0 amide bonds. The van der Waals surface area contributed by atoms with Crippen LogP contribution in [0.3, 0.4) is 0 Å². The van der Waals surface area contributed by atoms with Gasteiger partial charge in [0.25, 0.3) is 0 Å². The molecule has 6 heteroatoms. The van der Waals surface area contributed by atoms with Crippen LogP contribution < -0.4 is 0 Å². The van der Waals surface area contributed by atoms with Gasteiger partial charge in [0.05, 0.1) is 50.2 Å². The first-order valence-electron chi connectivity index (χ1n) is 12.0. The lowest BCUT2D eigenvalue weighted by molar-refractivity contribution is 0.966. The molecule has 0 radical (unpaired) electrons. The minimum atomic E-state index is 0.973. The van der Waals surface area contributed by atoms with E-state index in [2.05, 4.69) is 89.1 Å². The second-order valence-electron chi connectivity index (χ2n) is 9.23. The molecule has 6 nitrogen and oxygen atoms in total. The molecular weight excluding hydrogens is 444 g/mol. The van der Waals surface area contributed by atoms with Crippen LogP contribution in [0, 0.1) is 20.8 Å². The molecule has 7 rings (SSSR count). The van der Waals surface area contributed by atoms with Gasteiger partial charge in [-0.25, -0.2) is 15.0 Å². The van der Waals surface area contributed by atoms with Crippen LogP contribution in [-0.4, -0.2) is 28.7 Å². The summed E-state index contributed by atoms with van der Waals surface area (Å²) >= 11 is 0. The highest BCUT2D eigenvalue weighted by Crippen LogP contribution is 2.38. The molecule has 174 valence electrons. The van der Waals surface area contributed by atoms with Crippen molar-refractivity contribution in [1.29, 1.82) is 0 Å². The van der Waals surface area contributed by atoms with Crippen LogP contribution >= 0.6 is 0 Å². The second kappa shape index (κ2) is 7.65. The summed E-state index contributed by atoms with van der Waals surface area (Å²) in [5.41, 5.74) is 13.0. The van der Waals surface area contributed by atoms with Gasteiger partial charge in [-0.1, -0.05) is 36.4 Å². The Labute approximate surface area is 208 Å². The molecule has 3 heterocycles. The number of rotatable bonds is 3. The van der Waals surface area contributed by atoms with Gasteiger partial charge in [-0.3, -0.25) is 13.7 Å². The molecule has 3 aromatic heterocycles. The van der Waals surface area contributed by atoms with Gasteiger partial charge in [0.1, 0.15) is 19.0 Å². The van der Waals surface area contributed by atoms with Gasteiger partial charge in [-0.15, -0.1) is 0 Å². The molecule has 0 spiro atoms. The number of para-hydroxylation sites is 6. The van der Waals surface area contributed by atoms with Crippen molar-refractivity contribution in [1.82, 2.24) is 28.7 Å². The number of benzene rings is 4. The molecule has 36 heavy (non-hydrogen) atoms. The number of fused-ring (bicyclic) bond motifs is 3. The lowest BCUT2D eigenvalue weighted by Crippen LogP contribution is -2.12. The third kappa shape index (κ3) is 2.81. The fourth-order valence-electron chi connectivity index (χ4n) is 5.68. The SMILES string of the molecule is Cc1c(-n2cnc3ccccc32)c(C)c(-n2cnc3ccccc32)c(C)c1-n1cnc2ccccc21. The van der Waals surface area contributed by atoms with Gasteiger partial charge in [0, 0.05) is 0 Å². The fraction of sp³-hybridized carbons (Fsp3) is 0.100. The van der Waals surface area contributed by atoms with Crippen LogP contribution in [0.2, 0.25) is 0 Å². The molecule has 7 aromatic rings. The lowest BCUT2D eigenvalue weighted by atomic mass is 9.97. The Kier molecular flexibility index (Phi) is 4.39. The molecule has 0 N–H and O–H groups in total. The van der Waals surface area contributed by atoms with E-state index in [1.54, 1.807) is 0 Å². The van der Waals surface area contributed by atoms with Crippen LogP contribution in [-0.2, 0) is 0 Å². The van der Waals surface area contributed by atoms with Crippen molar-refractivity contribution in [3.8, 4) is 17.1 Å². The first kappa shape index (κ1) is 20.6. The molecule has 0 bridgehead atoms. The van der Waals surface area contributed by atoms with E-state index in [9.17, 15) is 0 Å². The Balaban J connectivity index is 1.64. The van der Waals surface area contributed by atoms with E-state index in [1.807, 2.05) is 37.2 Å². The molecule has 0 aliphatic carbocycles. The maximum atomic E-state index is 4.71. The van der Waals surface area contributed by atoms with E-state index in [1.165, 1.54) is 16.7 Å². The van der Waals surface area contributed by atoms with Gasteiger partial charge in [-0.05, 0) is 73.9 Å². The highest BCUT2D eigenvalue weighted by Gasteiger charge is 2.23. The fourth-order valence-corrected chi connectivity index (χ4v) is 5.68. The summed E-state index contributed by atoms with van der Waals surface area (Å²) in [5.74, 6) is 0. The molecule has 4 aromatic carbocycles. The van der Waals surface area contributed by atoms with E-state index >= 15 is 0 Å². The second-order valence-corrected chi connectivity index (χ2v) is 9.23. The zero-order valence-corrected chi connectivity index (χ0v) is 20.3. The summed E-state index contributed by atoms with van der Waals surface area (Å²) in [4.78, 5) is 14.1. The normalized spacial score (nSPS) is 11.8. The van der Waals surface area contributed by atoms with Crippen molar-refractivity contribution in [3.63, 3.8) is 0 Å². The zero-order valence-electron chi connectivity index (χ0n) is 20.3. The highest BCUT2D eigenvalue weighted by molar-refractivity contribution is 5.85. The highest BCUT2D eigenvalue weighted by atomic mass is 15.1. The van der Waals surface area contributed by atoms with E-state index in [-0.39, 0.29) is 0 Å². The molecule has 0 fully saturated rings. The number of nitrogens with zero attached hydrogens (tertiary/aromatic N) is 6. The van der Waals surface area contributed by atoms with Crippen molar-refractivity contribution < 1.29 is 0 Å². The van der Waals surface area contributed by atoms with Gasteiger partial charge in [0.2, 0.25) is 0 Å². The summed E-state index contributed by atoms with van der Waals surface area (Å²) in [5, 5.41) is 0. The van der Waals surface area contributed by atoms with E-state index in [0.29, 0.717) is 0 Å². The van der Waals surface area contributed by atoms with Crippen LogP contribution in [0.1, 0.15) is 16.7 Å². The molecule has 0 saturated carbocycles. The zero-order chi connectivity index (χ0) is 24.4. The van der Waals surface area contributed by atoms with Crippen LogP contribution in [0.5, 0.6) is 0 Å². The summed E-state index contributed by atoms with van der Waals surface area (Å²) in [7, 11) is 0. The third-order valence-electron chi connectivity index (χ3n) is 7.21. The molecule has 0 unspecified atom stereocenters. The number of aromatic nitrogens is 6. The van der Waals surface area contributed by atoms with Crippen LogP contribution in [0.25, 0.3) is 50.2 Å². The van der Waals surface area contributed by atoms with Crippen molar-refractivity contribution in [2.24, 2.45) is 0 Å². The Hall–Kier alpha value is -4.71. The Bertz CT molecular complexity index is 1690. The summed E-state index contributed by atoms with van der Waals surface area (Å²) < 4.78 is 6.64. The Morgan fingerprint density at radius 2 is 0.694 bits per heavy atom. The molecule has 0 saturated heterocycles. The topological polar surface area (TPSA) is 53.5 Å². The van der Waals surface area contributed by atoms with Gasteiger partial charge < -0.3 is 0 Å². The maximum absolute atomic E-state index is 4.71. The minimum absolute atomic E-state index is 0.973. The van der Waals surface area contributed by atoms with Crippen LogP contribution in [0.4, 0.5) is 0 Å². The first-order valence-corrected chi connectivity index (χ1v) is 12.0. The van der Waals surface area contributed by atoms with Crippen molar-refractivity contribution in [2.75, 3.05) is 0 Å². The number of hydrogen-bond acceptors (Lipinski definition) is 3. The summed E-state index contributed by atoms with van der Waals surface area (Å²) in [6.07, 6.45) is 5.79. The smallest absolute Gasteiger partial charge is 0.100 e. The molecular formula is C30H24N6. The largest absolute Gasteiger partial charge is 0.298 e. The first-order chi connectivity index (χ1) is 17.6. The van der Waals surface area contributed by atoms with Crippen molar-refractivity contribution in [2.45, 2.75) is 20.8 Å². The van der Waals surface area contributed by atoms with Gasteiger partial charge in [0.15, 0.2) is 0 Å². The summed E-state index contributed by atoms with van der Waals surface area (Å²) in [6, 6.07) is 24.8. The predicted octanol–water partition coefficient (Wildman–Crippen LogP) is 6.63. The lowest BCUT2D eigenvalue weighted by Gasteiger charge is -2.24. The number of hydrogen-bond donors (Lipinski definition) is 0. The summed E-state index contributed by atoms with van der Waals surface area (Å²) in [6.45, 7) is 6.60. The van der Waals surface area contributed by atoms with E-state index in [4.69, 9.17) is 15.0 Å². The standard InChI is InChI=1S/C30H24N6/c1-19-28(34-16-31-22-10-4-7-13-25(22)34)20(2)30(36-18-33-24-12-6-9-15-27(24)36)21(3)29(19)35-17-32-23-11-5-8-14-26(23)35/h4-18H,1-3H3. The quantitative estimate of drug-likeness (QED) is 0.292. The van der Waals surface area contributed by atoms with Gasteiger partial charge >= 0.3 is 0 Å². The van der Waals surface area contributed by atoms with Crippen molar-refractivity contribution >= 4 is 33.1 Å². The average Bonchev–Trinajstić information content (AvgIpc) is 3.62. The maximum Gasteiger partial charge on any atom is 0.100 e. The molecule has 0 aliphatic heterocycles. The Morgan fingerprint density at radius 3 is 1.00 bits per heavy atom.